The fraction of sp³-hybridized carbons (Fsp3) is 0.182. The van der Waals surface area contributed by atoms with E-state index in [2.05, 4.69) is 48.1 Å². The van der Waals surface area contributed by atoms with Crippen LogP contribution in [0, 0.1) is 0 Å². The molecule has 5 heteroatoms. The molecule has 2 heterocycles. The van der Waals surface area contributed by atoms with Gasteiger partial charge in [-0.25, -0.2) is 0 Å². The van der Waals surface area contributed by atoms with Gasteiger partial charge in [0.15, 0.2) is 0 Å². The minimum Gasteiger partial charge on any atom is -0.339 e. The van der Waals surface area contributed by atoms with Gasteiger partial charge in [-0.15, -0.1) is 0 Å². The zero-order valence-corrected chi connectivity index (χ0v) is 16.5. The molecule has 0 spiro atoms. The molecule has 27 heavy (non-hydrogen) atoms. The predicted octanol–water partition coefficient (Wildman–Crippen LogP) is 4.86. The number of hydrogen-bond donors (Lipinski definition) is 1. The minimum atomic E-state index is -0.188. The number of amides is 1. The number of nitrogens with zero attached hydrogens (tertiary/aromatic N) is 1. The van der Waals surface area contributed by atoms with Crippen LogP contribution in [0.15, 0.2) is 53.5 Å². The van der Waals surface area contributed by atoms with Crippen molar-refractivity contribution in [2.45, 2.75) is 26.2 Å². The fourth-order valence-electron chi connectivity index (χ4n) is 3.35. The SMILES string of the molecule is CC(C)c1ccc(-c2cc3c([nH]2)=NC(=O)CC=3c2ccc(Cl)cc2Cl)cc1. The Bertz CT molecular complexity index is 1160. The summed E-state index contributed by atoms with van der Waals surface area (Å²) < 4.78 is 0. The second-order valence-corrected chi connectivity index (χ2v) is 7.85. The van der Waals surface area contributed by atoms with Crippen molar-refractivity contribution in [2.75, 3.05) is 0 Å². The first-order valence-corrected chi connectivity index (χ1v) is 9.57. The Morgan fingerprint density at radius 2 is 1.78 bits per heavy atom. The van der Waals surface area contributed by atoms with Gasteiger partial charge in [0, 0.05) is 21.0 Å². The highest BCUT2D eigenvalue weighted by Crippen LogP contribution is 2.28. The summed E-state index contributed by atoms with van der Waals surface area (Å²) in [6.45, 7) is 4.34. The lowest BCUT2D eigenvalue weighted by Crippen LogP contribution is -2.31. The van der Waals surface area contributed by atoms with Crippen molar-refractivity contribution in [2.24, 2.45) is 4.99 Å². The Morgan fingerprint density at radius 1 is 1.04 bits per heavy atom. The topological polar surface area (TPSA) is 45.2 Å². The number of nitrogens with one attached hydrogen (secondary N) is 1. The smallest absolute Gasteiger partial charge is 0.252 e. The van der Waals surface area contributed by atoms with E-state index < -0.39 is 0 Å². The maximum Gasteiger partial charge on any atom is 0.252 e. The average Bonchev–Trinajstić information content (AvgIpc) is 3.05. The Hall–Kier alpha value is -2.36. The van der Waals surface area contributed by atoms with Gasteiger partial charge in [0.1, 0.15) is 5.49 Å². The van der Waals surface area contributed by atoms with Crippen LogP contribution in [0.3, 0.4) is 0 Å². The Kier molecular flexibility index (Phi) is 4.67. The fourth-order valence-corrected chi connectivity index (χ4v) is 3.87. The molecule has 1 aliphatic rings. The lowest BCUT2D eigenvalue weighted by atomic mass is 9.98. The molecule has 4 rings (SSSR count). The number of benzene rings is 2. The Balaban J connectivity index is 1.89. The summed E-state index contributed by atoms with van der Waals surface area (Å²) in [7, 11) is 0. The van der Waals surface area contributed by atoms with Crippen LogP contribution in [0.5, 0.6) is 0 Å². The third kappa shape index (κ3) is 3.45. The third-order valence-electron chi connectivity index (χ3n) is 4.83. The second kappa shape index (κ2) is 6.99. The maximum atomic E-state index is 12.2. The van der Waals surface area contributed by atoms with E-state index in [1.807, 2.05) is 12.1 Å². The van der Waals surface area contributed by atoms with E-state index in [0.29, 0.717) is 21.5 Å². The average molecular weight is 397 g/mol. The van der Waals surface area contributed by atoms with Gasteiger partial charge in [-0.05, 0) is 46.4 Å². The number of fused-ring (bicyclic) bond motifs is 1. The summed E-state index contributed by atoms with van der Waals surface area (Å²) in [5.41, 5.74) is 5.53. The van der Waals surface area contributed by atoms with Crippen molar-refractivity contribution in [3.05, 3.63) is 80.4 Å². The number of aromatic amines is 1. The van der Waals surface area contributed by atoms with E-state index in [1.54, 1.807) is 12.1 Å². The van der Waals surface area contributed by atoms with Gasteiger partial charge in [0.2, 0.25) is 0 Å². The summed E-state index contributed by atoms with van der Waals surface area (Å²) in [4.78, 5) is 19.6. The largest absolute Gasteiger partial charge is 0.339 e. The lowest BCUT2D eigenvalue weighted by Gasteiger charge is -2.10. The maximum absolute atomic E-state index is 12.2. The molecule has 2 aromatic carbocycles. The van der Waals surface area contributed by atoms with E-state index in [4.69, 9.17) is 23.2 Å². The van der Waals surface area contributed by atoms with Gasteiger partial charge >= 0.3 is 0 Å². The molecule has 0 saturated carbocycles. The van der Waals surface area contributed by atoms with Gasteiger partial charge in [0.25, 0.3) is 5.91 Å². The molecule has 1 aromatic heterocycles. The van der Waals surface area contributed by atoms with Gasteiger partial charge < -0.3 is 4.98 Å². The molecule has 0 bridgehead atoms. The van der Waals surface area contributed by atoms with Crippen LogP contribution < -0.4 is 10.7 Å². The summed E-state index contributed by atoms with van der Waals surface area (Å²) in [5.74, 6) is 0.294. The highest BCUT2D eigenvalue weighted by Gasteiger charge is 2.18. The van der Waals surface area contributed by atoms with Crippen molar-refractivity contribution in [3.63, 3.8) is 0 Å². The lowest BCUT2D eigenvalue weighted by molar-refractivity contribution is -0.117. The molecule has 0 aliphatic carbocycles. The molecule has 0 atom stereocenters. The van der Waals surface area contributed by atoms with Crippen LogP contribution >= 0.6 is 23.2 Å². The Labute approximate surface area is 167 Å². The highest BCUT2D eigenvalue weighted by atomic mass is 35.5. The summed E-state index contributed by atoms with van der Waals surface area (Å²) >= 11 is 12.4. The van der Waals surface area contributed by atoms with Crippen molar-refractivity contribution in [1.29, 1.82) is 0 Å². The van der Waals surface area contributed by atoms with E-state index in [0.717, 1.165) is 27.6 Å². The van der Waals surface area contributed by atoms with E-state index >= 15 is 0 Å². The monoisotopic (exact) mass is 396 g/mol. The highest BCUT2D eigenvalue weighted by molar-refractivity contribution is 6.35. The van der Waals surface area contributed by atoms with E-state index in [9.17, 15) is 4.79 Å². The number of hydrogen-bond acceptors (Lipinski definition) is 1. The summed E-state index contributed by atoms with van der Waals surface area (Å²) in [6, 6.07) is 15.8. The van der Waals surface area contributed by atoms with Crippen LogP contribution in [0.1, 0.15) is 37.3 Å². The van der Waals surface area contributed by atoms with Crippen LogP contribution in [0.25, 0.3) is 16.8 Å². The first kappa shape index (κ1) is 18.0. The third-order valence-corrected chi connectivity index (χ3v) is 5.38. The van der Waals surface area contributed by atoms with Crippen molar-refractivity contribution >= 4 is 34.7 Å². The molecule has 3 aromatic rings. The second-order valence-electron chi connectivity index (χ2n) is 7.01. The quantitative estimate of drug-likeness (QED) is 0.674. The van der Waals surface area contributed by atoms with Gasteiger partial charge in [0.05, 0.1) is 6.42 Å². The van der Waals surface area contributed by atoms with E-state index in [1.165, 1.54) is 5.56 Å². The molecule has 0 unspecified atom stereocenters. The van der Waals surface area contributed by atoms with Crippen LogP contribution in [0.4, 0.5) is 0 Å². The molecule has 0 fully saturated rings. The zero-order valence-electron chi connectivity index (χ0n) is 15.0. The van der Waals surface area contributed by atoms with Gasteiger partial charge in [-0.3, -0.25) is 4.79 Å². The number of aromatic nitrogens is 1. The molecular weight excluding hydrogens is 379 g/mol. The first-order valence-electron chi connectivity index (χ1n) is 8.82. The molecule has 1 amide bonds. The molecule has 0 saturated heterocycles. The standard InChI is InChI=1S/C22H18Cl2N2O/c1-12(2)13-3-5-14(6-4-13)20-10-18-17(11-21(27)26-22(18)25-20)16-8-7-15(23)9-19(16)24/h3-10,12H,11H2,1-2H3,(H,25,26,27). The van der Waals surface area contributed by atoms with Crippen molar-refractivity contribution in [1.82, 2.24) is 4.98 Å². The molecule has 1 N–H and O–H groups in total. The van der Waals surface area contributed by atoms with Crippen molar-refractivity contribution in [3.8, 4) is 11.3 Å². The number of H-pyrrole nitrogens is 1. The number of rotatable bonds is 3. The Morgan fingerprint density at radius 3 is 2.44 bits per heavy atom. The van der Waals surface area contributed by atoms with Gasteiger partial charge in [-0.2, -0.15) is 4.99 Å². The molecule has 1 aliphatic heterocycles. The van der Waals surface area contributed by atoms with Crippen LogP contribution in [-0.4, -0.2) is 10.9 Å². The molecule has 3 nitrogen and oxygen atoms in total. The first-order chi connectivity index (χ1) is 12.9. The minimum absolute atomic E-state index is 0.188. The zero-order chi connectivity index (χ0) is 19.1. The summed E-state index contributed by atoms with van der Waals surface area (Å²) in [5, 5.41) is 2.00. The van der Waals surface area contributed by atoms with Crippen LogP contribution in [-0.2, 0) is 4.79 Å². The number of carbonyl (C=O) groups excluding carboxylic acids is 1. The number of halogens is 2. The number of carbonyl (C=O) groups is 1. The van der Waals surface area contributed by atoms with E-state index in [-0.39, 0.29) is 12.3 Å². The molecule has 136 valence electrons. The molecular formula is C22H18Cl2N2O. The summed E-state index contributed by atoms with van der Waals surface area (Å²) in [6.07, 6.45) is 0.220. The van der Waals surface area contributed by atoms with Crippen molar-refractivity contribution < 1.29 is 4.79 Å². The predicted molar refractivity (Wildman–Crippen MR) is 110 cm³/mol. The normalized spacial score (nSPS) is 13.7. The molecule has 0 radical (unpaired) electrons. The van der Waals surface area contributed by atoms with Gasteiger partial charge in [-0.1, -0.05) is 67.4 Å². The van der Waals surface area contributed by atoms with Crippen LogP contribution in [0.2, 0.25) is 10.0 Å².